The molecule has 3 rings (SSSR count). The van der Waals surface area contributed by atoms with Gasteiger partial charge in [0.1, 0.15) is 11.8 Å². The van der Waals surface area contributed by atoms with Crippen LogP contribution in [0, 0.1) is 11.3 Å². The van der Waals surface area contributed by atoms with E-state index >= 15 is 0 Å². The third-order valence-electron chi connectivity index (χ3n) is 4.52. The van der Waals surface area contributed by atoms with Gasteiger partial charge in [-0.3, -0.25) is 0 Å². The molecule has 0 bridgehead atoms. The number of ether oxygens (including phenoxy) is 1. The minimum absolute atomic E-state index is 0.226. The molecule has 0 aliphatic carbocycles. The lowest BCUT2D eigenvalue weighted by atomic mass is 10.1. The van der Waals surface area contributed by atoms with Crippen LogP contribution in [0.2, 0.25) is 0 Å². The number of methoxy groups -OCH3 is 1. The molecule has 0 saturated carbocycles. The lowest BCUT2D eigenvalue weighted by Crippen LogP contribution is -2.06. The van der Waals surface area contributed by atoms with Gasteiger partial charge < -0.3 is 15.8 Å². The lowest BCUT2D eigenvalue weighted by Gasteiger charge is -2.09. The Morgan fingerprint density at radius 2 is 1.62 bits per heavy atom. The van der Waals surface area contributed by atoms with Crippen molar-refractivity contribution in [3.8, 4) is 11.8 Å². The Morgan fingerprint density at radius 3 is 2.21 bits per heavy atom. The molecule has 0 unspecified atom stereocenters. The number of nitrogens with zero attached hydrogens (tertiary/aromatic N) is 1. The van der Waals surface area contributed by atoms with E-state index in [-0.39, 0.29) is 9.79 Å². The van der Waals surface area contributed by atoms with E-state index in [0.717, 1.165) is 11.3 Å². The molecule has 3 N–H and O–H groups in total. The van der Waals surface area contributed by atoms with Crippen LogP contribution in [-0.2, 0) is 16.3 Å². The molecule has 0 saturated heterocycles. The second-order valence-electron chi connectivity index (χ2n) is 6.41. The molecule has 29 heavy (non-hydrogen) atoms. The van der Waals surface area contributed by atoms with Gasteiger partial charge in [0.15, 0.2) is 0 Å². The van der Waals surface area contributed by atoms with Gasteiger partial charge in [0.25, 0.3) is 0 Å². The normalized spacial score (nSPS) is 10.9. The first-order valence-electron chi connectivity index (χ1n) is 8.95. The first-order chi connectivity index (χ1) is 13.9. The molecule has 0 amide bonds. The fourth-order valence-corrected chi connectivity index (χ4v) is 4.10. The number of anilines is 2. The van der Waals surface area contributed by atoms with Gasteiger partial charge >= 0.3 is 0 Å². The Labute approximate surface area is 170 Å². The molecule has 0 spiro atoms. The van der Waals surface area contributed by atoms with Gasteiger partial charge in [-0.25, -0.2) is 8.42 Å². The Bertz CT molecular complexity index is 1130. The van der Waals surface area contributed by atoms with Crippen molar-refractivity contribution >= 4 is 21.2 Å². The van der Waals surface area contributed by atoms with E-state index in [1.165, 1.54) is 19.2 Å². The van der Waals surface area contributed by atoms with Gasteiger partial charge in [-0.1, -0.05) is 12.1 Å². The van der Waals surface area contributed by atoms with Crippen LogP contribution in [0.4, 0.5) is 11.4 Å². The van der Waals surface area contributed by atoms with Crippen molar-refractivity contribution in [1.82, 2.24) is 0 Å². The Kier molecular flexibility index (Phi) is 6.05. The molecular weight excluding hydrogens is 386 g/mol. The van der Waals surface area contributed by atoms with Crippen LogP contribution in [0.5, 0.6) is 5.75 Å². The Morgan fingerprint density at radius 1 is 1.00 bits per heavy atom. The average Bonchev–Trinajstić information content (AvgIpc) is 2.75. The Balaban J connectivity index is 1.64. The van der Waals surface area contributed by atoms with Crippen LogP contribution in [0.25, 0.3) is 0 Å². The third-order valence-corrected chi connectivity index (χ3v) is 6.31. The molecule has 0 aliphatic rings. The van der Waals surface area contributed by atoms with Crippen molar-refractivity contribution in [3.63, 3.8) is 0 Å². The second kappa shape index (κ2) is 8.67. The molecule has 0 aliphatic heterocycles. The first-order valence-corrected chi connectivity index (χ1v) is 10.4. The van der Waals surface area contributed by atoms with E-state index in [9.17, 15) is 8.42 Å². The maximum absolute atomic E-state index is 12.7. The van der Waals surface area contributed by atoms with Crippen molar-refractivity contribution in [2.75, 3.05) is 24.7 Å². The van der Waals surface area contributed by atoms with Crippen LogP contribution >= 0.6 is 0 Å². The van der Waals surface area contributed by atoms with Crippen LogP contribution in [0.3, 0.4) is 0 Å². The zero-order chi connectivity index (χ0) is 20.9. The number of nitriles is 1. The van der Waals surface area contributed by atoms with E-state index in [1.807, 2.05) is 18.2 Å². The number of nitrogens with two attached hydrogens (primary N) is 1. The predicted molar refractivity (Wildman–Crippen MR) is 113 cm³/mol. The van der Waals surface area contributed by atoms with Gasteiger partial charge in [0.2, 0.25) is 9.84 Å². The quantitative estimate of drug-likeness (QED) is 0.579. The van der Waals surface area contributed by atoms with Crippen molar-refractivity contribution in [3.05, 3.63) is 77.9 Å². The molecule has 7 heteroatoms. The fraction of sp³-hybridized carbons (Fsp3) is 0.136. The predicted octanol–water partition coefficient (Wildman–Crippen LogP) is 3.64. The summed E-state index contributed by atoms with van der Waals surface area (Å²) in [7, 11) is -2.04. The smallest absolute Gasteiger partial charge is 0.206 e. The van der Waals surface area contributed by atoms with E-state index in [4.69, 9.17) is 15.7 Å². The molecule has 6 nitrogen and oxygen atoms in total. The van der Waals surface area contributed by atoms with Gasteiger partial charge in [-0.05, 0) is 66.6 Å². The number of hydrogen-bond acceptors (Lipinski definition) is 6. The zero-order valence-corrected chi connectivity index (χ0v) is 16.7. The number of rotatable bonds is 7. The van der Waals surface area contributed by atoms with E-state index in [2.05, 4.69) is 11.4 Å². The fourth-order valence-electron chi connectivity index (χ4n) is 2.84. The number of nitrogen functional groups attached to an aromatic ring is 1. The van der Waals surface area contributed by atoms with Crippen molar-refractivity contribution in [1.29, 1.82) is 5.26 Å². The van der Waals surface area contributed by atoms with Crippen molar-refractivity contribution in [2.24, 2.45) is 0 Å². The molecule has 0 atom stereocenters. The first kappa shape index (κ1) is 20.2. The van der Waals surface area contributed by atoms with Crippen LogP contribution < -0.4 is 15.8 Å². The maximum atomic E-state index is 12.7. The summed E-state index contributed by atoms with van der Waals surface area (Å²) in [5, 5.41) is 12.3. The van der Waals surface area contributed by atoms with Crippen LogP contribution in [0.15, 0.2) is 76.5 Å². The highest BCUT2D eigenvalue weighted by molar-refractivity contribution is 7.91. The summed E-state index contributed by atoms with van der Waals surface area (Å²) in [4.78, 5) is 0.473. The van der Waals surface area contributed by atoms with Gasteiger partial charge in [-0.15, -0.1) is 0 Å². The van der Waals surface area contributed by atoms with Crippen molar-refractivity contribution in [2.45, 2.75) is 16.2 Å². The average molecular weight is 407 g/mol. The number of nitrogens with one attached hydrogen (secondary N) is 1. The summed E-state index contributed by atoms with van der Waals surface area (Å²) in [6, 6.07) is 20.5. The molecule has 3 aromatic carbocycles. The zero-order valence-electron chi connectivity index (χ0n) is 15.9. The second-order valence-corrected chi connectivity index (χ2v) is 8.36. The minimum Gasteiger partial charge on any atom is -0.497 e. The van der Waals surface area contributed by atoms with Crippen LogP contribution in [-0.4, -0.2) is 22.1 Å². The number of benzene rings is 3. The summed E-state index contributed by atoms with van der Waals surface area (Å²) >= 11 is 0. The topological polar surface area (TPSA) is 105 Å². The molecule has 0 fully saturated rings. The third kappa shape index (κ3) is 4.68. The highest BCUT2D eigenvalue weighted by Crippen LogP contribution is 2.23. The summed E-state index contributed by atoms with van der Waals surface area (Å²) in [5.74, 6) is 0.606. The van der Waals surface area contributed by atoms with E-state index in [0.29, 0.717) is 30.0 Å². The molecule has 3 aromatic rings. The van der Waals surface area contributed by atoms with Gasteiger partial charge in [0.05, 0.1) is 22.5 Å². The lowest BCUT2D eigenvalue weighted by molar-refractivity contribution is 0.414. The summed E-state index contributed by atoms with van der Waals surface area (Å²) in [6.45, 7) is 0.638. The van der Waals surface area contributed by atoms with Gasteiger partial charge in [0, 0.05) is 17.9 Å². The SMILES string of the molecule is COc1ccc(S(=O)(=O)c2ccc(CCNc3ccc(N)c(C#N)c3)cc2)cc1. The minimum atomic E-state index is -3.57. The molecular formula is C22H21N3O3S. The summed E-state index contributed by atoms with van der Waals surface area (Å²) < 4.78 is 30.6. The van der Waals surface area contributed by atoms with Crippen LogP contribution in [0.1, 0.15) is 11.1 Å². The highest BCUT2D eigenvalue weighted by Gasteiger charge is 2.17. The maximum Gasteiger partial charge on any atom is 0.206 e. The van der Waals surface area contributed by atoms with E-state index in [1.54, 1.807) is 36.4 Å². The largest absolute Gasteiger partial charge is 0.497 e. The Hall–Kier alpha value is -3.50. The summed E-state index contributed by atoms with van der Waals surface area (Å²) in [6.07, 6.45) is 0.703. The number of hydrogen-bond donors (Lipinski definition) is 2. The molecule has 0 heterocycles. The van der Waals surface area contributed by atoms with E-state index < -0.39 is 9.84 Å². The summed E-state index contributed by atoms with van der Waals surface area (Å²) in [5.41, 5.74) is 8.42. The van der Waals surface area contributed by atoms with Gasteiger partial charge in [-0.2, -0.15) is 5.26 Å². The van der Waals surface area contributed by atoms with Crippen molar-refractivity contribution < 1.29 is 13.2 Å². The standard InChI is InChI=1S/C22H21N3O3S/c1-28-19-5-9-21(10-6-19)29(26,27)20-7-2-16(3-8-20)12-13-25-18-4-11-22(24)17(14-18)15-23/h2-11,14,25H,12-13,24H2,1H3. The molecule has 0 radical (unpaired) electrons. The molecule has 148 valence electrons. The molecule has 0 aromatic heterocycles. The highest BCUT2D eigenvalue weighted by atomic mass is 32.2. The monoisotopic (exact) mass is 407 g/mol. The number of sulfone groups is 1.